The van der Waals surface area contributed by atoms with Gasteiger partial charge in [0.05, 0.1) is 5.02 Å². The molecule has 2 unspecified atom stereocenters. The highest BCUT2D eigenvalue weighted by molar-refractivity contribution is 6.30. The van der Waals surface area contributed by atoms with Crippen LogP contribution < -0.4 is 10.2 Å². The first-order valence-electron chi connectivity index (χ1n) is 5.94. The maximum Gasteiger partial charge on any atom is 0.128 e. The molecule has 1 aromatic rings. The molecule has 2 aliphatic rings. The van der Waals surface area contributed by atoms with Crippen LogP contribution in [0.4, 0.5) is 5.82 Å². The number of nitrogens with zero attached hydrogens (tertiary/aromatic N) is 2. The second-order valence-corrected chi connectivity index (χ2v) is 5.14. The second-order valence-electron chi connectivity index (χ2n) is 4.71. The van der Waals surface area contributed by atoms with Gasteiger partial charge in [-0.1, -0.05) is 11.6 Å². The lowest BCUT2D eigenvalue weighted by atomic mass is 10.1. The van der Waals surface area contributed by atoms with Gasteiger partial charge >= 0.3 is 0 Å². The van der Waals surface area contributed by atoms with Crippen molar-refractivity contribution in [1.82, 2.24) is 10.3 Å². The Labute approximate surface area is 101 Å². The van der Waals surface area contributed by atoms with Crippen LogP contribution in [0, 0.1) is 0 Å². The van der Waals surface area contributed by atoms with Crippen molar-refractivity contribution in [3.63, 3.8) is 0 Å². The van der Waals surface area contributed by atoms with Crippen LogP contribution in [-0.2, 0) is 0 Å². The number of nitrogens with one attached hydrogen (secondary N) is 1. The summed E-state index contributed by atoms with van der Waals surface area (Å²) in [7, 11) is 0. The number of hydrogen-bond acceptors (Lipinski definition) is 3. The largest absolute Gasteiger partial charge is 0.355 e. The van der Waals surface area contributed by atoms with Crippen molar-refractivity contribution < 1.29 is 0 Å². The van der Waals surface area contributed by atoms with Crippen molar-refractivity contribution >= 4 is 17.4 Å². The monoisotopic (exact) mass is 237 g/mol. The van der Waals surface area contributed by atoms with Gasteiger partial charge in [0.25, 0.3) is 0 Å². The van der Waals surface area contributed by atoms with E-state index in [4.69, 9.17) is 11.6 Å². The summed E-state index contributed by atoms with van der Waals surface area (Å²) in [5, 5.41) is 4.38. The molecule has 0 amide bonds. The summed E-state index contributed by atoms with van der Waals surface area (Å²) in [5.41, 5.74) is 0. The highest BCUT2D eigenvalue weighted by Gasteiger charge is 2.29. The molecule has 0 spiro atoms. The molecule has 0 aliphatic carbocycles. The molecule has 0 saturated carbocycles. The van der Waals surface area contributed by atoms with Crippen LogP contribution in [0.3, 0.4) is 0 Å². The van der Waals surface area contributed by atoms with Crippen molar-refractivity contribution in [1.29, 1.82) is 0 Å². The van der Waals surface area contributed by atoms with Gasteiger partial charge in [-0.15, -0.1) is 0 Å². The summed E-state index contributed by atoms with van der Waals surface area (Å²) >= 11 is 5.85. The zero-order valence-electron chi connectivity index (χ0n) is 9.19. The first-order valence-corrected chi connectivity index (χ1v) is 6.31. The summed E-state index contributed by atoms with van der Waals surface area (Å²) in [4.78, 5) is 6.76. The van der Waals surface area contributed by atoms with Gasteiger partial charge in [-0.05, 0) is 31.4 Å². The van der Waals surface area contributed by atoms with Crippen molar-refractivity contribution in [2.24, 2.45) is 0 Å². The minimum atomic E-state index is 0.643. The van der Waals surface area contributed by atoms with E-state index in [0.717, 1.165) is 24.9 Å². The molecule has 1 aromatic heterocycles. The van der Waals surface area contributed by atoms with E-state index in [1.54, 1.807) is 6.20 Å². The summed E-state index contributed by atoms with van der Waals surface area (Å²) in [5.74, 6) is 1.05. The van der Waals surface area contributed by atoms with Gasteiger partial charge in [0, 0.05) is 31.4 Å². The van der Waals surface area contributed by atoms with Crippen molar-refractivity contribution in [3.8, 4) is 0 Å². The van der Waals surface area contributed by atoms with Gasteiger partial charge < -0.3 is 10.2 Å². The van der Waals surface area contributed by atoms with Crippen molar-refractivity contribution in [3.05, 3.63) is 23.4 Å². The van der Waals surface area contributed by atoms with Crippen LogP contribution in [0.5, 0.6) is 0 Å². The maximum absolute atomic E-state index is 5.85. The summed E-state index contributed by atoms with van der Waals surface area (Å²) < 4.78 is 0. The SMILES string of the molecule is Clc1ccc(N2CCC3CCC(C2)N3)nc1. The summed E-state index contributed by atoms with van der Waals surface area (Å²) in [6, 6.07) is 5.30. The zero-order chi connectivity index (χ0) is 11.0. The van der Waals surface area contributed by atoms with E-state index in [2.05, 4.69) is 15.2 Å². The lowest BCUT2D eigenvalue weighted by Gasteiger charge is -2.25. The standard InChI is InChI=1S/C12H16ClN3/c13-9-1-4-12(14-7-9)16-6-5-10-2-3-11(8-16)15-10/h1,4,7,10-11,15H,2-3,5-6,8H2. The van der Waals surface area contributed by atoms with Crippen LogP contribution in [0.1, 0.15) is 19.3 Å². The fraction of sp³-hybridized carbons (Fsp3) is 0.583. The molecule has 0 radical (unpaired) electrons. The molecule has 2 fully saturated rings. The zero-order valence-corrected chi connectivity index (χ0v) is 9.95. The minimum absolute atomic E-state index is 0.643. The Morgan fingerprint density at radius 1 is 1.25 bits per heavy atom. The number of rotatable bonds is 1. The minimum Gasteiger partial charge on any atom is -0.355 e. The van der Waals surface area contributed by atoms with E-state index in [-0.39, 0.29) is 0 Å². The van der Waals surface area contributed by atoms with Crippen LogP contribution >= 0.6 is 11.6 Å². The van der Waals surface area contributed by atoms with Crippen LogP contribution in [0.15, 0.2) is 18.3 Å². The second kappa shape index (κ2) is 4.22. The Morgan fingerprint density at radius 2 is 2.12 bits per heavy atom. The first kappa shape index (κ1) is 10.4. The number of anilines is 1. The summed E-state index contributed by atoms with van der Waals surface area (Å²) in [6.07, 6.45) is 5.59. The van der Waals surface area contributed by atoms with Gasteiger partial charge in [0.15, 0.2) is 0 Å². The first-order chi connectivity index (χ1) is 7.81. The fourth-order valence-electron chi connectivity index (χ4n) is 2.71. The van der Waals surface area contributed by atoms with E-state index in [9.17, 15) is 0 Å². The quantitative estimate of drug-likeness (QED) is 0.811. The van der Waals surface area contributed by atoms with Gasteiger partial charge in [-0.25, -0.2) is 4.98 Å². The van der Waals surface area contributed by atoms with Crippen LogP contribution in [0.2, 0.25) is 5.02 Å². The number of hydrogen-bond donors (Lipinski definition) is 1. The number of halogens is 1. The predicted molar refractivity (Wildman–Crippen MR) is 66.0 cm³/mol. The lowest BCUT2D eigenvalue weighted by molar-refractivity contribution is 0.563. The number of fused-ring (bicyclic) bond motifs is 2. The van der Waals surface area contributed by atoms with Crippen LogP contribution in [0.25, 0.3) is 0 Å². The van der Waals surface area contributed by atoms with E-state index < -0.39 is 0 Å². The highest BCUT2D eigenvalue weighted by atomic mass is 35.5. The van der Waals surface area contributed by atoms with Gasteiger partial charge in [-0.3, -0.25) is 0 Å². The van der Waals surface area contributed by atoms with E-state index >= 15 is 0 Å². The molecular formula is C12H16ClN3. The Morgan fingerprint density at radius 3 is 2.94 bits per heavy atom. The molecular weight excluding hydrogens is 222 g/mol. The van der Waals surface area contributed by atoms with Gasteiger partial charge in [0.2, 0.25) is 0 Å². The molecule has 3 heterocycles. The molecule has 2 aliphatic heterocycles. The Bertz CT molecular complexity index is 365. The van der Waals surface area contributed by atoms with Gasteiger partial charge in [0.1, 0.15) is 5.82 Å². The van der Waals surface area contributed by atoms with E-state index in [0.29, 0.717) is 11.1 Å². The normalized spacial score (nSPS) is 29.2. The third-order valence-electron chi connectivity index (χ3n) is 3.56. The third-order valence-corrected chi connectivity index (χ3v) is 3.78. The molecule has 16 heavy (non-hydrogen) atoms. The average molecular weight is 238 g/mol. The topological polar surface area (TPSA) is 28.2 Å². The number of aromatic nitrogens is 1. The fourth-order valence-corrected chi connectivity index (χ4v) is 2.82. The smallest absolute Gasteiger partial charge is 0.128 e. The molecule has 3 rings (SSSR count). The molecule has 3 nitrogen and oxygen atoms in total. The maximum atomic E-state index is 5.85. The Kier molecular flexibility index (Phi) is 2.74. The van der Waals surface area contributed by atoms with Crippen molar-refractivity contribution in [2.75, 3.05) is 18.0 Å². The molecule has 1 N–H and O–H groups in total. The molecule has 2 saturated heterocycles. The molecule has 0 aromatic carbocycles. The molecule has 86 valence electrons. The average Bonchev–Trinajstić information content (AvgIpc) is 2.60. The third kappa shape index (κ3) is 2.02. The van der Waals surface area contributed by atoms with E-state index in [1.807, 2.05) is 12.1 Å². The Balaban J connectivity index is 1.77. The summed E-state index contributed by atoms with van der Waals surface area (Å²) in [6.45, 7) is 2.17. The Hall–Kier alpha value is -0.800. The predicted octanol–water partition coefficient (Wildman–Crippen LogP) is 2.07. The van der Waals surface area contributed by atoms with Crippen LogP contribution in [-0.4, -0.2) is 30.2 Å². The molecule has 4 heteroatoms. The van der Waals surface area contributed by atoms with Crippen molar-refractivity contribution in [2.45, 2.75) is 31.3 Å². The lowest BCUT2D eigenvalue weighted by Crippen LogP contribution is -2.35. The number of pyridine rings is 1. The van der Waals surface area contributed by atoms with E-state index in [1.165, 1.54) is 19.3 Å². The molecule has 2 atom stereocenters. The molecule has 2 bridgehead atoms. The van der Waals surface area contributed by atoms with Gasteiger partial charge in [-0.2, -0.15) is 0 Å². The highest BCUT2D eigenvalue weighted by Crippen LogP contribution is 2.23.